The number of nitrogens with one attached hydrogen (secondary N) is 1. The predicted molar refractivity (Wildman–Crippen MR) is 86.3 cm³/mol. The summed E-state index contributed by atoms with van der Waals surface area (Å²) >= 11 is 0. The van der Waals surface area contributed by atoms with Crippen molar-refractivity contribution in [3.8, 4) is 5.69 Å². The summed E-state index contributed by atoms with van der Waals surface area (Å²) in [5.74, 6) is -2.65. The van der Waals surface area contributed by atoms with E-state index in [0.717, 1.165) is 16.8 Å². The SMILES string of the molecule is Cc1ccccc1-n1cc(CNC(=O)N2CCC(F)(F)CC2)cn1. The van der Waals surface area contributed by atoms with Crippen molar-refractivity contribution in [2.45, 2.75) is 32.2 Å². The summed E-state index contributed by atoms with van der Waals surface area (Å²) in [6, 6.07) is 7.57. The zero-order valence-corrected chi connectivity index (χ0v) is 13.5. The molecule has 0 aliphatic carbocycles. The second-order valence-electron chi connectivity index (χ2n) is 6.08. The number of hydrogen-bond acceptors (Lipinski definition) is 2. The number of carbonyl (C=O) groups is 1. The quantitative estimate of drug-likeness (QED) is 0.937. The minimum absolute atomic E-state index is 0.0846. The molecule has 2 heterocycles. The Kier molecular flexibility index (Phi) is 4.51. The number of amides is 2. The molecule has 1 aliphatic heterocycles. The monoisotopic (exact) mass is 334 g/mol. The third-order valence-electron chi connectivity index (χ3n) is 4.22. The van der Waals surface area contributed by atoms with Crippen molar-refractivity contribution in [3.05, 3.63) is 47.8 Å². The molecule has 1 saturated heterocycles. The highest BCUT2D eigenvalue weighted by molar-refractivity contribution is 5.74. The van der Waals surface area contributed by atoms with Crippen LogP contribution in [0.4, 0.5) is 13.6 Å². The van der Waals surface area contributed by atoms with Gasteiger partial charge >= 0.3 is 6.03 Å². The zero-order valence-electron chi connectivity index (χ0n) is 13.5. The van der Waals surface area contributed by atoms with Gasteiger partial charge < -0.3 is 10.2 Å². The second-order valence-corrected chi connectivity index (χ2v) is 6.08. The fourth-order valence-corrected chi connectivity index (χ4v) is 2.73. The number of likely N-dealkylation sites (tertiary alicyclic amines) is 1. The van der Waals surface area contributed by atoms with Gasteiger partial charge in [0.05, 0.1) is 11.9 Å². The molecule has 0 spiro atoms. The lowest BCUT2D eigenvalue weighted by molar-refractivity contribution is -0.0469. The van der Waals surface area contributed by atoms with Crippen LogP contribution in [0.3, 0.4) is 0 Å². The molecular weight excluding hydrogens is 314 g/mol. The summed E-state index contributed by atoms with van der Waals surface area (Å²) in [4.78, 5) is 13.5. The highest BCUT2D eigenvalue weighted by atomic mass is 19.3. The highest BCUT2D eigenvalue weighted by Crippen LogP contribution is 2.27. The van der Waals surface area contributed by atoms with Gasteiger partial charge in [0, 0.05) is 44.2 Å². The van der Waals surface area contributed by atoms with Gasteiger partial charge in [0.2, 0.25) is 0 Å². The molecule has 1 aliphatic rings. The number of rotatable bonds is 3. The Morgan fingerprint density at radius 2 is 2.00 bits per heavy atom. The Hall–Kier alpha value is -2.44. The van der Waals surface area contributed by atoms with Crippen molar-refractivity contribution in [2.24, 2.45) is 0 Å². The van der Waals surface area contributed by atoms with E-state index >= 15 is 0 Å². The summed E-state index contributed by atoms with van der Waals surface area (Å²) in [5, 5.41) is 7.07. The predicted octanol–water partition coefficient (Wildman–Crippen LogP) is 3.12. The van der Waals surface area contributed by atoms with Gasteiger partial charge in [0.25, 0.3) is 5.92 Å². The molecule has 128 valence electrons. The van der Waals surface area contributed by atoms with Crippen molar-refractivity contribution < 1.29 is 13.6 Å². The lowest BCUT2D eigenvalue weighted by atomic mass is 10.1. The number of para-hydroxylation sites is 1. The number of hydrogen-bond donors (Lipinski definition) is 1. The molecule has 0 radical (unpaired) electrons. The molecule has 1 aromatic heterocycles. The van der Waals surface area contributed by atoms with Crippen LogP contribution in [0.5, 0.6) is 0 Å². The van der Waals surface area contributed by atoms with Crippen molar-refractivity contribution >= 4 is 6.03 Å². The number of alkyl halides is 2. The minimum atomic E-state index is -2.65. The van der Waals surface area contributed by atoms with Crippen LogP contribution >= 0.6 is 0 Å². The maximum atomic E-state index is 13.1. The molecule has 0 atom stereocenters. The molecule has 0 saturated carbocycles. The number of aryl methyl sites for hydroxylation is 1. The molecule has 7 heteroatoms. The van der Waals surface area contributed by atoms with Crippen molar-refractivity contribution in [3.63, 3.8) is 0 Å². The summed E-state index contributed by atoms with van der Waals surface area (Å²) < 4.78 is 28.0. The molecule has 0 unspecified atom stereocenters. The molecule has 3 rings (SSSR count). The van der Waals surface area contributed by atoms with Gasteiger partial charge in [-0.1, -0.05) is 18.2 Å². The van der Waals surface area contributed by atoms with Crippen molar-refractivity contribution in [1.29, 1.82) is 0 Å². The first-order chi connectivity index (χ1) is 11.4. The van der Waals surface area contributed by atoms with E-state index in [1.165, 1.54) is 4.90 Å². The number of benzene rings is 1. The van der Waals surface area contributed by atoms with Gasteiger partial charge in [-0.25, -0.2) is 18.3 Å². The molecule has 24 heavy (non-hydrogen) atoms. The Bertz CT molecular complexity index is 719. The second kappa shape index (κ2) is 6.59. The number of halogens is 2. The van der Waals surface area contributed by atoms with Gasteiger partial charge in [0.1, 0.15) is 0 Å². The van der Waals surface area contributed by atoms with Crippen LogP contribution in [0.25, 0.3) is 5.69 Å². The third-order valence-corrected chi connectivity index (χ3v) is 4.22. The van der Waals surface area contributed by atoms with Crippen LogP contribution < -0.4 is 5.32 Å². The lowest BCUT2D eigenvalue weighted by Gasteiger charge is -2.31. The Balaban J connectivity index is 1.56. The van der Waals surface area contributed by atoms with Crippen LogP contribution in [-0.4, -0.2) is 39.7 Å². The molecule has 0 bridgehead atoms. The van der Waals surface area contributed by atoms with Gasteiger partial charge in [-0.2, -0.15) is 5.10 Å². The normalized spacial score (nSPS) is 16.9. The molecule has 2 amide bonds. The van der Waals surface area contributed by atoms with E-state index in [1.807, 2.05) is 37.4 Å². The van der Waals surface area contributed by atoms with Crippen LogP contribution in [-0.2, 0) is 6.54 Å². The number of carbonyl (C=O) groups excluding carboxylic acids is 1. The fourth-order valence-electron chi connectivity index (χ4n) is 2.73. The maximum Gasteiger partial charge on any atom is 0.317 e. The van der Waals surface area contributed by atoms with Crippen LogP contribution in [0.15, 0.2) is 36.7 Å². The van der Waals surface area contributed by atoms with E-state index in [9.17, 15) is 13.6 Å². The van der Waals surface area contributed by atoms with Crippen molar-refractivity contribution in [1.82, 2.24) is 20.0 Å². The Morgan fingerprint density at radius 3 is 2.71 bits per heavy atom. The van der Waals surface area contributed by atoms with E-state index < -0.39 is 5.92 Å². The third kappa shape index (κ3) is 3.72. The molecule has 1 fully saturated rings. The zero-order chi connectivity index (χ0) is 17.2. The largest absolute Gasteiger partial charge is 0.334 e. The van der Waals surface area contributed by atoms with Gasteiger partial charge in [-0.15, -0.1) is 0 Å². The minimum Gasteiger partial charge on any atom is -0.334 e. The first kappa shape index (κ1) is 16.4. The first-order valence-corrected chi connectivity index (χ1v) is 7.95. The lowest BCUT2D eigenvalue weighted by Crippen LogP contribution is -2.46. The van der Waals surface area contributed by atoms with E-state index in [1.54, 1.807) is 10.9 Å². The summed E-state index contributed by atoms with van der Waals surface area (Å²) in [6.45, 7) is 2.49. The summed E-state index contributed by atoms with van der Waals surface area (Å²) in [5.41, 5.74) is 2.94. The Morgan fingerprint density at radius 1 is 1.29 bits per heavy atom. The van der Waals surface area contributed by atoms with Crippen LogP contribution in [0, 0.1) is 6.92 Å². The molecule has 5 nitrogen and oxygen atoms in total. The fraction of sp³-hybridized carbons (Fsp3) is 0.412. The number of aromatic nitrogens is 2. The average molecular weight is 334 g/mol. The van der Waals surface area contributed by atoms with Gasteiger partial charge in [0.15, 0.2) is 0 Å². The average Bonchev–Trinajstić information content (AvgIpc) is 3.02. The summed E-state index contributed by atoms with van der Waals surface area (Å²) in [6.07, 6.45) is 3.00. The highest BCUT2D eigenvalue weighted by Gasteiger charge is 2.35. The molecule has 2 aromatic rings. The van der Waals surface area contributed by atoms with E-state index in [2.05, 4.69) is 10.4 Å². The first-order valence-electron chi connectivity index (χ1n) is 7.95. The number of urea groups is 1. The summed E-state index contributed by atoms with van der Waals surface area (Å²) in [7, 11) is 0. The Labute approximate surface area is 139 Å². The van der Waals surface area contributed by atoms with Gasteiger partial charge in [-0.05, 0) is 18.6 Å². The molecular formula is C17H20F2N4O. The van der Waals surface area contributed by atoms with Crippen LogP contribution in [0.2, 0.25) is 0 Å². The van der Waals surface area contributed by atoms with Crippen molar-refractivity contribution in [2.75, 3.05) is 13.1 Å². The maximum absolute atomic E-state index is 13.1. The number of nitrogens with zero attached hydrogens (tertiary/aromatic N) is 3. The standard InChI is InChI=1S/C17H20F2N4O/c1-13-4-2-3-5-15(13)23-12-14(11-21-23)10-20-16(24)22-8-6-17(18,19)7-9-22/h2-5,11-12H,6-10H2,1H3,(H,20,24). The smallest absolute Gasteiger partial charge is 0.317 e. The molecule has 1 aromatic carbocycles. The van der Waals surface area contributed by atoms with E-state index in [0.29, 0.717) is 6.54 Å². The van der Waals surface area contributed by atoms with Gasteiger partial charge in [-0.3, -0.25) is 0 Å². The topological polar surface area (TPSA) is 50.2 Å². The van der Waals surface area contributed by atoms with E-state index in [-0.39, 0.29) is 32.0 Å². The van der Waals surface area contributed by atoms with Crippen LogP contribution in [0.1, 0.15) is 24.0 Å². The number of piperidine rings is 1. The molecule has 1 N–H and O–H groups in total. The van der Waals surface area contributed by atoms with E-state index in [4.69, 9.17) is 0 Å².